The van der Waals surface area contributed by atoms with Crippen LogP contribution in [0.5, 0.6) is 11.5 Å². The molecule has 0 radical (unpaired) electrons. The number of hydrogen-bond acceptors (Lipinski definition) is 4. The highest BCUT2D eigenvalue weighted by atomic mass is 16.5. The predicted octanol–water partition coefficient (Wildman–Crippen LogP) is 2.36. The summed E-state index contributed by atoms with van der Waals surface area (Å²) in [6.07, 6.45) is 0.785. The molecule has 1 aliphatic rings. The first-order valence-corrected chi connectivity index (χ1v) is 8.62. The molecule has 0 bridgehead atoms. The third-order valence-corrected chi connectivity index (χ3v) is 4.28. The Morgan fingerprint density at radius 3 is 2.64 bits per heavy atom. The molecule has 25 heavy (non-hydrogen) atoms. The lowest BCUT2D eigenvalue weighted by molar-refractivity contribution is 0.0735. The Bertz CT molecular complexity index is 712. The van der Waals surface area contributed by atoms with E-state index in [1.54, 1.807) is 7.11 Å². The van der Waals surface area contributed by atoms with Gasteiger partial charge in [0.1, 0.15) is 11.5 Å². The van der Waals surface area contributed by atoms with Gasteiger partial charge in [0.2, 0.25) is 0 Å². The van der Waals surface area contributed by atoms with Crippen LogP contribution in [0.3, 0.4) is 0 Å². The van der Waals surface area contributed by atoms with Gasteiger partial charge in [-0.2, -0.15) is 0 Å². The lowest BCUT2D eigenvalue weighted by Crippen LogP contribution is -2.46. The van der Waals surface area contributed by atoms with Gasteiger partial charge in [-0.15, -0.1) is 0 Å². The van der Waals surface area contributed by atoms with Gasteiger partial charge in [0.25, 0.3) is 5.91 Å². The van der Waals surface area contributed by atoms with Crippen molar-refractivity contribution in [2.45, 2.75) is 6.42 Å². The topological polar surface area (TPSA) is 50.8 Å². The zero-order chi connectivity index (χ0) is 17.5. The van der Waals surface area contributed by atoms with E-state index in [1.807, 2.05) is 47.4 Å². The van der Waals surface area contributed by atoms with Gasteiger partial charge in [-0.25, -0.2) is 0 Å². The third-order valence-electron chi connectivity index (χ3n) is 4.28. The van der Waals surface area contributed by atoms with Crippen molar-refractivity contribution in [1.29, 1.82) is 0 Å². The van der Waals surface area contributed by atoms with E-state index in [4.69, 9.17) is 9.47 Å². The molecule has 2 aromatic rings. The Balaban J connectivity index is 1.57. The second-order valence-corrected chi connectivity index (χ2v) is 6.02. The van der Waals surface area contributed by atoms with Crippen LogP contribution in [0.15, 0.2) is 48.5 Å². The SMILES string of the molecule is COc1cccc(CCOc2cccc(C(=O)N3CCNCC3)c2)c1. The van der Waals surface area contributed by atoms with E-state index in [0.717, 1.165) is 49.7 Å². The average Bonchev–Trinajstić information content (AvgIpc) is 2.68. The number of carbonyl (C=O) groups is 1. The molecular formula is C20H24N2O3. The molecule has 132 valence electrons. The molecule has 0 unspecified atom stereocenters. The molecule has 0 aliphatic carbocycles. The summed E-state index contributed by atoms with van der Waals surface area (Å²) in [6.45, 7) is 3.75. The van der Waals surface area contributed by atoms with Crippen LogP contribution in [-0.4, -0.2) is 50.7 Å². The van der Waals surface area contributed by atoms with Crippen LogP contribution < -0.4 is 14.8 Å². The van der Waals surface area contributed by atoms with Crippen LogP contribution >= 0.6 is 0 Å². The standard InChI is InChI=1S/C20H24N2O3/c1-24-18-6-2-4-16(14-18)8-13-25-19-7-3-5-17(15-19)20(23)22-11-9-21-10-12-22/h2-7,14-15,21H,8-13H2,1H3. The van der Waals surface area contributed by atoms with Crippen LogP contribution in [0.1, 0.15) is 15.9 Å². The fourth-order valence-corrected chi connectivity index (χ4v) is 2.88. The van der Waals surface area contributed by atoms with E-state index in [9.17, 15) is 4.79 Å². The lowest BCUT2D eigenvalue weighted by Gasteiger charge is -2.27. The summed E-state index contributed by atoms with van der Waals surface area (Å²) in [6, 6.07) is 15.4. The summed E-state index contributed by atoms with van der Waals surface area (Å²) in [5.74, 6) is 1.64. The number of piperazine rings is 1. The lowest BCUT2D eigenvalue weighted by atomic mass is 10.1. The number of benzene rings is 2. The fourth-order valence-electron chi connectivity index (χ4n) is 2.88. The van der Waals surface area contributed by atoms with Crippen molar-refractivity contribution in [3.8, 4) is 11.5 Å². The molecule has 0 saturated carbocycles. The number of methoxy groups -OCH3 is 1. The molecular weight excluding hydrogens is 316 g/mol. The van der Waals surface area contributed by atoms with Gasteiger partial charge >= 0.3 is 0 Å². The molecule has 0 aromatic heterocycles. The Kier molecular flexibility index (Phi) is 5.90. The van der Waals surface area contributed by atoms with Crippen LogP contribution in [0.2, 0.25) is 0 Å². The molecule has 5 heteroatoms. The van der Waals surface area contributed by atoms with Crippen molar-refractivity contribution in [3.05, 3.63) is 59.7 Å². The zero-order valence-corrected chi connectivity index (χ0v) is 14.5. The van der Waals surface area contributed by atoms with Crippen LogP contribution in [0, 0.1) is 0 Å². The minimum absolute atomic E-state index is 0.0692. The Morgan fingerprint density at radius 1 is 1.08 bits per heavy atom. The zero-order valence-electron chi connectivity index (χ0n) is 14.5. The molecule has 1 aliphatic heterocycles. The summed E-state index contributed by atoms with van der Waals surface area (Å²) < 4.78 is 11.1. The first kappa shape index (κ1) is 17.3. The highest BCUT2D eigenvalue weighted by Gasteiger charge is 2.18. The van der Waals surface area contributed by atoms with Crippen LogP contribution in [0.4, 0.5) is 0 Å². The quantitative estimate of drug-likeness (QED) is 0.877. The van der Waals surface area contributed by atoms with E-state index in [1.165, 1.54) is 0 Å². The molecule has 1 heterocycles. The van der Waals surface area contributed by atoms with Gasteiger partial charge < -0.3 is 19.7 Å². The third kappa shape index (κ3) is 4.73. The Morgan fingerprint density at radius 2 is 1.84 bits per heavy atom. The minimum Gasteiger partial charge on any atom is -0.497 e. The Hall–Kier alpha value is -2.53. The average molecular weight is 340 g/mol. The molecule has 1 N–H and O–H groups in total. The molecule has 0 spiro atoms. The van der Waals surface area contributed by atoms with Crippen LogP contribution in [-0.2, 0) is 6.42 Å². The van der Waals surface area contributed by atoms with Crippen molar-refractivity contribution >= 4 is 5.91 Å². The number of amides is 1. The van der Waals surface area contributed by atoms with Crippen molar-refractivity contribution in [2.24, 2.45) is 0 Å². The maximum Gasteiger partial charge on any atom is 0.254 e. The highest BCUT2D eigenvalue weighted by molar-refractivity contribution is 5.94. The van der Waals surface area contributed by atoms with E-state index < -0.39 is 0 Å². The highest BCUT2D eigenvalue weighted by Crippen LogP contribution is 2.17. The van der Waals surface area contributed by atoms with E-state index in [2.05, 4.69) is 11.4 Å². The van der Waals surface area contributed by atoms with Crippen molar-refractivity contribution in [3.63, 3.8) is 0 Å². The Labute approximate surface area is 148 Å². The minimum atomic E-state index is 0.0692. The monoisotopic (exact) mass is 340 g/mol. The molecule has 5 nitrogen and oxygen atoms in total. The molecule has 1 amide bonds. The molecule has 0 atom stereocenters. The number of hydrogen-bond donors (Lipinski definition) is 1. The molecule has 1 saturated heterocycles. The molecule has 1 fully saturated rings. The number of nitrogens with one attached hydrogen (secondary N) is 1. The van der Waals surface area contributed by atoms with E-state index in [0.29, 0.717) is 12.2 Å². The number of nitrogens with zero attached hydrogens (tertiary/aromatic N) is 1. The summed E-state index contributed by atoms with van der Waals surface area (Å²) in [5, 5.41) is 3.26. The summed E-state index contributed by atoms with van der Waals surface area (Å²) in [4.78, 5) is 14.4. The first-order chi connectivity index (χ1) is 12.3. The van der Waals surface area contributed by atoms with E-state index in [-0.39, 0.29) is 5.91 Å². The molecule has 2 aromatic carbocycles. The van der Waals surface area contributed by atoms with Gasteiger partial charge in [0, 0.05) is 38.2 Å². The maximum absolute atomic E-state index is 12.5. The van der Waals surface area contributed by atoms with Crippen molar-refractivity contribution in [2.75, 3.05) is 39.9 Å². The maximum atomic E-state index is 12.5. The molecule has 3 rings (SSSR count). The fraction of sp³-hybridized carbons (Fsp3) is 0.350. The number of ether oxygens (including phenoxy) is 2. The van der Waals surface area contributed by atoms with Gasteiger partial charge in [-0.05, 0) is 35.9 Å². The number of rotatable bonds is 6. The van der Waals surface area contributed by atoms with Crippen LogP contribution in [0.25, 0.3) is 0 Å². The van der Waals surface area contributed by atoms with Gasteiger partial charge in [0.05, 0.1) is 13.7 Å². The normalized spacial score (nSPS) is 14.2. The van der Waals surface area contributed by atoms with Gasteiger partial charge in [0.15, 0.2) is 0 Å². The van der Waals surface area contributed by atoms with Gasteiger partial charge in [-0.3, -0.25) is 4.79 Å². The number of carbonyl (C=O) groups excluding carboxylic acids is 1. The van der Waals surface area contributed by atoms with Crippen molar-refractivity contribution < 1.29 is 14.3 Å². The summed E-state index contributed by atoms with van der Waals surface area (Å²) in [7, 11) is 1.66. The summed E-state index contributed by atoms with van der Waals surface area (Å²) in [5.41, 5.74) is 1.84. The van der Waals surface area contributed by atoms with Gasteiger partial charge in [-0.1, -0.05) is 18.2 Å². The van der Waals surface area contributed by atoms with Crippen molar-refractivity contribution in [1.82, 2.24) is 10.2 Å². The smallest absolute Gasteiger partial charge is 0.254 e. The first-order valence-electron chi connectivity index (χ1n) is 8.62. The largest absolute Gasteiger partial charge is 0.497 e. The second-order valence-electron chi connectivity index (χ2n) is 6.02. The second kappa shape index (κ2) is 8.53. The summed E-state index contributed by atoms with van der Waals surface area (Å²) >= 11 is 0. The van der Waals surface area contributed by atoms with E-state index >= 15 is 0 Å². The predicted molar refractivity (Wildman–Crippen MR) is 97.4 cm³/mol.